The van der Waals surface area contributed by atoms with Crippen molar-refractivity contribution in [3.8, 4) is 5.75 Å². The lowest BCUT2D eigenvalue weighted by Gasteiger charge is -2.37. The van der Waals surface area contributed by atoms with E-state index in [1.165, 1.54) is 13.2 Å². The van der Waals surface area contributed by atoms with Gasteiger partial charge in [0.05, 0.1) is 12.2 Å². The maximum absolute atomic E-state index is 13.5. The van der Waals surface area contributed by atoms with Crippen molar-refractivity contribution in [2.75, 3.05) is 71.5 Å². The number of nitrogens with one attached hydrogen (secondary N) is 1. The van der Waals surface area contributed by atoms with Gasteiger partial charge in [0.2, 0.25) is 0 Å². The summed E-state index contributed by atoms with van der Waals surface area (Å²) in [6, 6.07) is 4.18. The van der Waals surface area contributed by atoms with Gasteiger partial charge < -0.3 is 19.7 Å². The topological polar surface area (TPSA) is 37.0 Å². The predicted octanol–water partition coefficient (Wildman–Crippen LogP) is 2.07. The van der Waals surface area contributed by atoms with E-state index in [9.17, 15) is 13.2 Å². The first kappa shape index (κ1) is 19.8. The second-order valence-electron chi connectivity index (χ2n) is 5.95. The molecule has 0 unspecified atom stereocenters. The van der Waals surface area contributed by atoms with E-state index in [0.29, 0.717) is 19.7 Å². The molecule has 0 aliphatic carbocycles. The summed E-state index contributed by atoms with van der Waals surface area (Å²) in [5, 5.41) is 3.09. The molecule has 5 nitrogen and oxygen atoms in total. The van der Waals surface area contributed by atoms with Gasteiger partial charge in [0.25, 0.3) is 0 Å². The number of rotatable bonds is 8. The summed E-state index contributed by atoms with van der Waals surface area (Å²) in [7, 11) is 3.41. The highest BCUT2D eigenvalue weighted by Crippen LogP contribution is 2.39. The largest absolute Gasteiger partial charge is 0.491 e. The molecule has 0 radical (unpaired) electrons. The minimum Gasteiger partial charge on any atom is -0.491 e. The average Bonchev–Trinajstić information content (AvgIpc) is 2.60. The van der Waals surface area contributed by atoms with Crippen LogP contribution in [-0.4, -0.2) is 71.5 Å². The molecular weight excluding hydrogens is 335 g/mol. The number of halogens is 3. The Kier molecular flexibility index (Phi) is 7.34. The zero-order valence-electron chi connectivity index (χ0n) is 14.7. The number of hydrogen-bond acceptors (Lipinski definition) is 5. The van der Waals surface area contributed by atoms with Gasteiger partial charge in [0.1, 0.15) is 12.4 Å². The van der Waals surface area contributed by atoms with Gasteiger partial charge in [-0.25, -0.2) is 0 Å². The Morgan fingerprint density at radius 1 is 1.12 bits per heavy atom. The second kappa shape index (κ2) is 9.26. The van der Waals surface area contributed by atoms with Crippen molar-refractivity contribution >= 4 is 5.69 Å². The molecular formula is C17H26F3N3O2. The monoisotopic (exact) mass is 361 g/mol. The molecule has 0 spiro atoms. The Hall–Kier alpha value is -1.51. The van der Waals surface area contributed by atoms with Crippen molar-refractivity contribution in [3.05, 3.63) is 23.8 Å². The number of methoxy groups -OCH3 is 1. The Labute approximate surface area is 146 Å². The van der Waals surface area contributed by atoms with Crippen LogP contribution in [0.25, 0.3) is 0 Å². The minimum atomic E-state index is -4.42. The molecule has 1 aliphatic rings. The highest BCUT2D eigenvalue weighted by molar-refractivity contribution is 5.58. The summed E-state index contributed by atoms with van der Waals surface area (Å²) in [4.78, 5) is 4.06. The van der Waals surface area contributed by atoms with Crippen molar-refractivity contribution < 1.29 is 22.6 Å². The summed E-state index contributed by atoms with van der Waals surface area (Å²) in [5.41, 5.74) is -0.425. The zero-order chi connectivity index (χ0) is 18.3. The molecule has 1 aromatic carbocycles. The van der Waals surface area contributed by atoms with Gasteiger partial charge in [-0.3, -0.25) is 4.90 Å². The number of ether oxygens (including phenoxy) is 2. The van der Waals surface area contributed by atoms with Crippen molar-refractivity contribution in [1.29, 1.82) is 0 Å². The molecule has 0 saturated carbocycles. The van der Waals surface area contributed by atoms with Crippen molar-refractivity contribution in [2.24, 2.45) is 0 Å². The molecule has 8 heteroatoms. The van der Waals surface area contributed by atoms with Crippen LogP contribution in [0.2, 0.25) is 0 Å². The SMILES string of the molecule is CNCCN1CCN(c2ccc(OCCOC)cc2C(F)(F)F)CC1. The molecule has 0 aromatic heterocycles. The van der Waals surface area contributed by atoms with Gasteiger partial charge in [-0.15, -0.1) is 0 Å². The molecule has 2 rings (SSSR count). The van der Waals surface area contributed by atoms with Crippen LogP contribution in [0.5, 0.6) is 5.75 Å². The van der Waals surface area contributed by atoms with E-state index < -0.39 is 11.7 Å². The summed E-state index contributed by atoms with van der Waals surface area (Å²) < 4.78 is 50.6. The van der Waals surface area contributed by atoms with E-state index in [-0.39, 0.29) is 18.0 Å². The van der Waals surface area contributed by atoms with Crippen LogP contribution in [0.4, 0.5) is 18.9 Å². The molecule has 1 aliphatic heterocycles. The summed E-state index contributed by atoms with van der Waals surface area (Å²) in [6.45, 7) is 5.00. The lowest BCUT2D eigenvalue weighted by Crippen LogP contribution is -2.48. The third-order valence-electron chi connectivity index (χ3n) is 4.22. The van der Waals surface area contributed by atoms with Crippen molar-refractivity contribution in [3.63, 3.8) is 0 Å². The predicted molar refractivity (Wildman–Crippen MR) is 91.4 cm³/mol. The van der Waals surface area contributed by atoms with E-state index in [2.05, 4.69) is 10.2 Å². The molecule has 1 heterocycles. The van der Waals surface area contributed by atoms with Gasteiger partial charge >= 0.3 is 6.18 Å². The number of anilines is 1. The quantitative estimate of drug-likeness (QED) is 0.718. The van der Waals surface area contributed by atoms with Crippen LogP contribution in [0.1, 0.15) is 5.56 Å². The van der Waals surface area contributed by atoms with Gasteiger partial charge in [-0.1, -0.05) is 0 Å². The van der Waals surface area contributed by atoms with Gasteiger partial charge in [0, 0.05) is 52.1 Å². The average molecular weight is 361 g/mol. The number of hydrogen-bond donors (Lipinski definition) is 1. The van der Waals surface area contributed by atoms with Crippen LogP contribution < -0.4 is 15.0 Å². The third kappa shape index (κ3) is 5.76. The molecule has 1 fully saturated rings. The van der Waals surface area contributed by atoms with Crippen LogP contribution in [-0.2, 0) is 10.9 Å². The summed E-state index contributed by atoms with van der Waals surface area (Å²) in [5.74, 6) is 0.209. The van der Waals surface area contributed by atoms with E-state index >= 15 is 0 Å². The standard InChI is InChI=1S/C17H26F3N3O2/c1-21-5-6-22-7-9-23(10-8-22)16-4-3-14(25-12-11-24-2)13-15(16)17(18,19)20/h3-4,13,21H,5-12H2,1-2H3. The Morgan fingerprint density at radius 3 is 2.44 bits per heavy atom. The number of likely N-dealkylation sites (N-methyl/N-ethyl adjacent to an activating group) is 1. The lowest BCUT2D eigenvalue weighted by molar-refractivity contribution is -0.137. The first-order valence-corrected chi connectivity index (χ1v) is 8.40. The molecule has 0 atom stereocenters. The van der Waals surface area contributed by atoms with Crippen molar-refractivity contribution in [2.45, 2.75) is 6.18 Å². The van der Waals surface area contributed by atoms with E-state index in [1.54, 1.807) is 11.0 Å². The molecule has 142 valence electrons. The molecule has 1 N–H and O–H groups in total. The smallest absolute Gasteiger partial charge is 0.418 e. The molecule has 0 amide bonds. The maximum atomic E-state index is 13.5. The van der Waals surface area contributed by atoms with E-state index in [4.69, 9.17) is 9.47 Å². The molecule has 0 bridgehead atoms. The number of piperazine rings is 1. The highest BCUT2D eigenvalue weighted by atomic mass is 19.4. The molecule has 1 saturated heterocycles. The first-order valence-electron chi connectivity index (χ1n) is 8.40. The van der Waals surface area contributed by atoms with Crippen molar-refractivity contribution in [1.82, 2.24) is 10.2 Å². The zero-order valence-corrected chi connectivity index (χ0v) is 14.7. The number of nitrogens with zero attached hydrogens (tertiary/aromatic N) is 2. The molecule has 25 heavy (non-hydrogen) atoms. The second-order valence-corrected chi connectivity index (χ2v) is 5.95. The Morgan fingerprint density at radius 2 is 1.84 bits per heavy atom. The Bertz CT molecular complexity index is 532. The van der Waals surface area contributed by atoms with Gasteiger partial charge in [0.15, 0.2) is 0 Å². The van der Waals surface area contributed by atoms with Gasteiger partial charge in [-0.05, 0) is 25.2 Å². The normalized spacial score (nSPS) is 16.3. The fourth-order valence-corrected chi connectivity index (χ4v) is 2.83. The lowest BCUT2D eigenvalue weighted by atomic mass is 10.1. The maximum Gasteiger partial charge on any atom is 0.418 e. The van der Waals surface area contributed by atoms with Gasteiger partial charge in [-0.2, -0.15) is 13.2 Å². The van der Waals surface area contributed by atoms with Crippen LogP contribution in [0, 0.1) is 0 Å². The van der Waals surface area contributed by atoms with E-state index in [0.717, 1.165) is 32.2 Å². The van der Waals surface area contributed by atoms with E-state index in [1.807, 2.05) is 7.05 Å². The summed E-state index contributed by atoms with van der Waals surface area (Å²) in [6.07, 6.45) is -4.42. The van der Waals surface area contributed by atoms with Crippen LogP contribution >= 0.6 is 0 Å². The third-order valence-corrected chi connectivity index (χ3v) is 4.22. The first-order chi connectivity index (χ1) is 12.0. The highest BCUT2D eigenvalue weighted by Gasteiger charge is 2.36. The minimum absolute atomic E-state index is 0.209. The number of benzene rings is 1. The summed E-state index contributed by atoms with van der Waals surface area (Å²) >= 11 is 0. The van der Waals surface area contributed by atoms with Crippen LogP contribution in [0.15, 0.2) is 18.2 Å². The fraction of sp³-hybridized carbons (Fsp3) is 0.647. The number of alkyl halides is 3. The fourth-order valence-electron chi connectivity index (χ4n) is 2.83. The van der Waals surface area contributed by atoms with Crippen LogP contribution in [0.3, 0.4) is 0 Å². The molecule has 1 aromatic rings. The Balaban J connectivity index is 2.09.